The van der Waals surface area contributed by atoms with Gasteiger partial charge in [0, 0.05) is 6.54 Å². The maximum atomic E-state index is 11.4. The number of benzene rings is 1. The van der Waals surface area contributed by atoms with Crippen molar-refractivity contribution in [3.05, 3.63) is 23.8 Å². The summed E-state index contributed by atoms with van der Waals surface area (Å²) in [6.45, 7) is 1.17. The number of carbonyl (C=O) groups excluding carboxylic acids is 3. The predicted molar refractivity (Wildman–Crippen MR) is 66.4 cm³/mol. The van der Waals surface area contributed by atoms with Crippen LogP contribution < -0.4 is 14.8 Å². The van der Waals surface area contributed by atoms with Crippen molar-refractivity contribution in [2.24, 2.45) is 0 Å². The quantitative estimate of drug-likeness (QED) is 0.624. The SMILES string of the molecule is O=C1NC(=O)N(CCc2ccc3c(c2)OCCO3)C1=O. The summed E-state index contributed by atoms with van der Waals surface area (Å²) in [6, 6.07) is 4.78. The zero-order valence-corrected chi connectivity index (χ0v) is 10.5. The molecule has 0 atom stereocenters. The van der Waals surface area contributed by atoms with E-state index in [2.05, 4.69) is 0 Å². The van der Waals surface area contributed by atoms with Gasteiger partial charge < -0.3 is 9.47 Å². The molecule has 1 aromatic rings. The first kappa shape index (κ1) is 12.5. The van der Waals surface area contributed by atoms with Gasteiger partial charge in [0.05, 0.1) is 0 Å². The summed E-state index contributed by atoms with van der Waals surface area (Å²) in [6.07, 6.45) is 0.448. The van der Waals surface area contributed by atoms with E-state index in [1.165, 1.54) is 0 Å². The van der Waals surface area contributed by atoms with E-state index in [4.69, 9.17) is 9.47 Å². The fourth-order valence-electron chi connectivity index (χ4n) is 2.12. The molecule has 1 N–H and O–H groups in total. The molecule has 2 heterocycles. The van der Waals surface area contributed by atoms with Gasteiger partial charge in [-0.05, 0) is 24.1 Å². The number of amides is 4. The number of imide groups is 2. The smallest absolute Gasteiger partial charge is 0.331 e. The number of nitrogens with zero attached hydrogens (tertiary/aromatic N) is 1. The molecule has 1 aromatic carbocycles. The van der Waals surface area contributed by atoms with Crippen molar-refractivity contribution in [3.8, 4) is 11.5 Å². The van der Waals surface area contributed by atoms with Crippen LogP contribution >= 0.6 is 0 Å². The average molecular weight is 276 g/mol. The van der Waals surface area contributed by atoms with Crippen LogP contribution in [0.4, 0.5) is 4.79 Å². The van der Waals surface area contributed by atoms with E-state index in [0.29, 0.717) is 31.1 Å². The number of rotatable bonds is 3. The zero-order valence-electron chi connectivity index (χ0n) is 10.5. The first-order valence-corrected chi connectivity index (χ1v) is 6.20. The van der Waals surface area contributed by atoms with Gasteiger partial charge in [-0.2, -0.15) is 0 Å². The first-order chi connectivity index (χ1) is 9.65. The van der Waals surface area contributed by atoms with Gasteiger partial charge >= 0.3 is 17.8 Å². The van der Waals surface area contributed by atoms with Crippen LogP contribution in [0.25, 0.3) is 0 Å². The van der Waals surface area contributed by atoms with Crippen molar-refractivity contribution < 1.29 is 23.9 Å². The summed E-state index contributed by atoms with van der Waals surface area (Å²) in [5.41, 5.74) is 0.897. The second-order valence-electron chi connectivity index (χ2n) is 4.44. The molecule has 0 saturated carbocycles. The minimum Gasteiger partial charge on any atom is -0.486 e. The van der Waals surface area contributed by atoms with Gasteiger partial charge in [-0.15, -0.1) is 0 Å². The molecule has 0 spiro atoms. The zero-order chi connectivity index (χ0) is 14.1. The molecule has 0 aliphatic carbocycles. The highest BCUT2D eigenvalue weighted by Crippen LogP contribution is 2.30. The van der Waals surface area contributed by atoms with Crippen molar-refractivity contribution in [2.75, 3.05) is 19.8 Å². The molecule has 7 heteroatoms. The first-order valence-electron chi connectivity index (χ1n) is 6.20. The molecule has 4 amide bonds. The lowest BCUT2D eigenvalue weighted by Crippen LogP contribution is -2.32. The second-order valence-corrected chi connectivity index (χ2v) is 4.44. The molecule has 0 radical (unpaired) electrons. The Morgan fingerprint density at radius 2 is 1.85 bits per heavy atom. The topological polar surface area (TPSA) is 84.9 Å². The van der Waals surface area contributed by atoms with E-state index >= 15 is 0 Å². The summed E-state index contributed by atoms with van der Waals surface area (Å²) >= 11 is 0. The van der Waals surface area contributed by atoms with E-state index in [-0.39, 0.29) is 6.54 Å². The normalized spacial score (nSPS) is 17.4. The number of urea groups is 1. The lowest BCUT2D eigenvalue weighted by atomic mass is 10.1. The maximum Gasteiger partial charge on any atom is 0.331 e. The number of ether oxygens (including phenoxy) is 2. The third kappa shape index (κ3) is 2.18. The van der Waals surface area contributed by atoms with Crippen LogP contribution in [0.5, 0.6) is 11.5 Å². The Labute approximate surface area is 114 Å². The lowest BCUT2D eigenvalue weighted by molar-refractivity contribution is -0.140. The van der Waals surface area contributed by atoms with Crippen molar-refractivity contribution in [1.29, 1.82) is 0 Å². The van der Waals surface area contributed by atoms with Gasteiger partial charge in [0.25, 0.3) is 0 Å². The van der Waals surface area contributed by atoms with Crippen LogP contribution in [-0.4, -0.2) is 42.5 Å². The summed E-state index contributed by atoms with van der Waals surface area (Å²) in [4.78, 5) is 34.7. The fourth-order valence-corrected chi connectivity index (χ4v) is 2.12. The van der Waals surface area contributed by atoms with Gasteiger partial charge in [0.15, 0.2) is 11.5 Å². The highest BCUT2D eigenvalue weighted by molar-refractivity contribution is 6.44. The van der Waals surface area contributed by atoms with Crippen LogP contribution in [0.2, 0.25) is 0 Å². The van der Waals surface area contributed by atoms with Crippen LogP contribution in [0.15, 0.2) is 18.2 Å². The highest BCUT2D eigenvalue weighted by atomic mass is 16.6. The Hall–Kier alpha value is -2.57. The Bertz CT molecular complexity index is 598. The summed E-state index contributed by atoms with van der Waals surface area (Å²) in [5, 5.41) is 1.96. The van der Waals surface area contributed by atoms with Crippen molar-refractivity contribution in [3.63, 3.8) is 0 Å². The minimum atomic E-state index is -0.878. The third-order valence-corrected chi connectivity index (χ3v) is 3.14. The lowest BCUT2D eigenvalue weighted by Gasteiger charge is -2.19. The molecule has 3 rings (SSSR count). The molecule has 7 nitrogen and oxygen atoms in total. The molecule has 0 bridgehead atoms. The predicted octanol–water partition coefficient (Wildman–Crippen LogP) is 0.0787. The van der Waals surface area contributed by atoms with Gasteiger partial charge in [0.2, 0.25) is 0 Å². The molecular formula is C13H12N2O5. The molecule has 2 aliphatic heterocycles. The van der Waals surface area contributed by atoms with Gasteiger partial charge in [-0.1, -0.05) is 6.07 Å². The molecule has 0 unspecified atom stereocenters. The van der Waals surface area contributed by atoms with E-state index in [1.54, 1.807) is 6.07 Å². The highest BCUT2D eigenvalue weighted by Gasteiger charge is 2.36. The van der Waals surface area contributed by atoms with Gasteiger partial charge in [0.1, 0.15) is 13.2 Å². The summed E-state index contributed by atoms with van der Waals surface area (Å²) in [7, 11) is 0. The molecule has 20 heavy (non-hydrogen) atoms. The van der Waals surface area contributed by atoms with Crippen LogP contribution in [0.1, 0.15) is 5.56 Å². The second kappa shape index (κ2) is 4.84. The van der Waals surface area contributed by atoms with E-state index in [9.17, 15) is 14.4 Å². The van der Waals surface area contributed by atoms with E-state index in [1.807, 2.05) is 17.4 Å². The number of hydrogen-bond acceptors (Lipinski definition) is 5. The Kier molecular flexibility index (Phi) is 3.02. The average Bonchev–Trinajstić information content (AvgIpc) is 2.70. The van der Waals surface area contributed by atoms with Crippen LogP contribution in [0.3, 0.4) is 0 Å². The Morgan fingerprint density at radius 1 is 1.10 bits per heavy atom. The third-order valence-electron chi connectivity index (χ3n) is 3.14. The van der Waals surface area contributed by atoms with Crippen LogP contribution in [-0.2, 0) is 16.0 Å². The number of fused-ring (bicyclic) bond motifs is 1. The molecule has 2 aliphatic rings. The van der Waals surface area contributed by atoms with Crippen molar-refractivity contribution in [1.82, 2.24) is 10.2 Å². The number of nitrogens with one attached hydrogen (secondary N) is 1. The largest absolute Gasteiger partial charge is 0.486 e. The molecular weight excluding hydrogens is 264 g/mol. The number of carbonyl (C=O) groups is 3. The Balaban J connectivity index is 1.68. The van der Waals surface area contributed by atoms with Crippen LogP contribution in [0, 0.1) is 0 Å². The monoisotopic (exact) mass is 276 g/mol. The standard InChI is InChI=1S/C13H12N2O5/c16-11-12(17)15(13(18)14-11)4-3-8-1-2-9-10(7-8)20-6-5-19-9/h1-2,7H,3-6H2,(H,14,16,18). The van der Waals surface area contributed by atoms with Gasteiger partial charge in [-0.3, -0.25) is 19.8 Å². The fraction of sp³-hybridized carbons (Fsp3) is 0.308. The molecule has 104 valence electrons. The number of hydrogen-bond donors (Lipinski definition) is 1. The van der Waals surface area contributed by atoms with Crippen molar-refractivity contribution >= 4 is 17.8 Å². The van der Waals surface area contributed by atoms with Crippen molar-refractivity contribution in [2.45, 2.75) is 6.42 Å². The summed E-state index contributed by atoms with van der Waals surface area (Å²) < 4.78 is 10.9. The molecule has 1 fully saturated rings. The molecule has 1 saturated heterocycles. The summed E-state index contributed by atoms with van der Waals surface area (Å²) in [5.74, 6) is -0.350. The Morgan fingerprint density at radius 3 is 2.55 bits per heavy atom. The van der Waals surface area contributed by atoms with E-state index < -0.39 is 17.8 Å². The van der Waals surface area contributed by atoms with E-state index in [0.717, 1.165) is 10.5 Å². The molecule has 0 aromatic heterocycles. The van der Waals surface area contributed by atoms with Gasteiger partial charge in [-0.25, -0.2) is 4.79 Å². The maximum absolute atomic E-state index is 11.4. The minimum absolute atomic E-state index is 0.149.